The van der Waals surface area contributed by atoms with E-state index in [-0.39, 0.29) is 10.7 Å². The fraction of sp³-hybridized carbons (Fsp3) is 0.667. The van der Waals surface area contributed by atoms with Gasteiger partial charge in [-0.3, -0.25) is 9.36 Å². The van der Waals surface area contributed by atoms with E-state index in [1.54, 1.807) is 10.9 Å². The number of rotatable bonds is 2. The van der Waals surface area contributed by atoms with Crippen LogP contribution in [0.4, 0.5) is 0 Å². The van der Waals surface area contributed by atoms with E-state index < -0.39 is 0 Å². The van der Waals surface area contributed by atoms with Crippen molar-refractivity contribution in [1.29, 1.82) is 0 Å². The van der Waals surface area contributed by atoms with Crippen LogP contribution in [0, 0.1) is 17.8 Å². The number of nitrogens with zero attached hydrogens (tertiary/aromatic N) is 2. The second-order valence-electron chi connectivity index (χ2n) is 5.24. The fourth-order valence-corrected chi connectivity index (χ4v) is 3.88. The Kier molecular flexibility index (Phi) is 3.03. The monoisotopic (exact) mass is 316 g/mol. The summed E-state index contributed by atoms with van der Waals surface area (Å²) in [6.07, 6.45) is 6.94. The summed E-state index contributed by atoms with van der Waals surface area (Å²) in [7, 11) is 0. The van der Waals surface area contributed by atoms with Crippen LogP contribution in [0.1, 0.15) is 25.7 Å². The van der Waals surface area contributed by atoms with Gasteiger partial charge in [-0.05, 0) is 52.9 Å². The van der Waals surface area contributed by atoms with Crippen LogP contribution in [0.15, 0.2) is 15.6 Å². The number of hydrogen-bond acceptors (Lipinski definition) is 2. The van der Waals surface area contributed by atoms with Crippen LogP contribution in [0.25, 0.3) is 0 Å². The largest absolute Gasteiger partial charge is 0.298 e. The Morgan fingerprint density at radius 3 is 2.94 bits per heavy atom. The number of fused-ring (bicyclic) bond motifs is 2. The molecule has 2 bridgehead atoms. The molecule has 1 aromatic rings. The summed E-state index contributed by atoms with van der Waals surface area (Å²) in [5, 5.41) is 0.249. The molecule has 2 aliphatic carbocycles. The first-order valence-electron chi connectivity index (χ1n) is 6.05. The lowest BCUT2D eigenvalue weighted by atomic mass is 9.89. The van der Waals surface area contributed by atoms with E-state index in [9.17, 15) is 4.79 Å². The van der Waals surface area contributed by atoms with E-state index in [4.69, 9.17) is 11.6 Å². The molecule has 2 saturated carbocycles. The Balaban J connectivity index is 1.82. The highest BCUT2D eigenvalue weighted by atomic mass is 79.9. The summed E-state index contributed by atoms with van der Waals surface area (Å²) in [4.78, 5) is 16.0. The van der Waals surface area contributed by atoms with Crippen LogP contribution in [-0.2, 0) is 6.54 Å². The van der Waals surface area contributed by atoms with Gasteiger partial charge in [0, 0.05) is 6.54 Å². The van der Waals surface area contributed by atoms with Gasteiger partial charge < -0.3 is 0 Å². The Hall–Kier alpha value is -0.350. The molecule has 17 heavy (non-hydrogen) atoms. The quantitative estimate of drug-likeness (QED) is 0.786. The Morgan fingerprint density at radius 2 is 2.29 bits per heavy atom. The summed E-state index contributed by atoms with van der Waals surface area (Å²) >= 11 is 8.99. The Bertz CT molecular complexity index is 502. The first kappa shape index (κ1) is 11.7. The summed E-state index contributed by atoms with van der Waals surface area (Å²) in [6.45, 7) is 0.794. The van der Waals surface area contributed by atoms with Crippen molar-refractivity contribution in [3.8, 4) is 0 Å². The van der Waals surface area contributed by atoms with Gasteiger partial charge >= 0.3 is 0 Å². The Morgan fingerprint density at radius 1 is 1.47 bits per heavy atom. The molecule has 0 radical (unpaired) electrons. The molecule has 0 N–H and O–H groups in total. The standard InChI is InChI=1S/C12H14BrClN2O/c13-10-11(14)15-6-16(12(10)17)5-9-4-7-1-2-8(9)3-7/h6-9H,1-5H2. The van der Waals surface area contributed by atoms with Crippen molar-refractivity contribution in [2.24, 2.45) is 17.8 Å². The molecular weight excluding hydrogens is 304 g/mol. The average molecular weight is 318 g/mol. The van der Waals surface area contributed by atoms with Crippen LogP contribution < -0.4 is 5.56 Å². The molecule has 0 spiro atoms. The topological polar surface area (TPSA) is 34.9 Å². The zero-order valence-electron chi connectivity index (χ0n) is 9.40. The maximum absolute atomic E-state index is 12.0. The van der Waals surface area contributed by atoms with Crippen molar-refractivity contribution in [1.82, 2.24) is 9.55 Å². The fourth-order valence-electron chi connectivity index (χ4n) is 3.43. The van der Waals surface area contributed by atoms with E-state index in [1.165, 1.54) is 25.7 Å². The predicted octanol–water partition coefficient (Wildman–Crippen LogP) is 3.10. The maximum atomic E-state index is 12.0. The molecule has 1 aromatic heterocycles. The first-order valence-corrected chi connectivity index (χ1v) is 7.22. The summed E-state index contributed by atoms with van der Waals surface area (Å²) in [5.41, 5.74) is -0.0622. The third-order valence-corrected chi connectivity index (χ3v) is 5.49. The lowest BCUT2D eigenvalue weighted by Gasteiger charge is -2.22. The summed E-state index contributed by atoms with van der Waals surface area (Å²) in [6, 6.07) is 0. The van der Waals surface area contributed by atoms with Gasteiger partial charge in [0.2, 0.25) is 0 Å². The Labute approximate surface area is 113 Å². The molecular formula is C12H14BrClN2O. The minimum Gasteiger partial charge on any atom is -0.298 e. The van der Waals surface area contributed by atoms with Gasteiger partial charge in [0.1, 0.15) is 4.47 Å². The highest BCUT2D eigenvalue weighted by Crippen LogP contribution is 2.48. The van der Waals surface area contributed by atoms with Crippen LogP contribution in [0.5, 0.6) is 0 Å². The number of halogens is 2. The molecule has 2 aliphatic rings. The van der Waals surface area contributed by atoms with Crippen molar-refractivity contribution in [2.45, 2.75) is 32.2 Å². The summed E-state index contributed by atoms with van der Waals surface area (Å²) in [5.74, 6) is 2.38. The average Bonchev–Trinajstić information content (AvgIpc) is 2.92. The van der Waals surface area contributed by atoms with E-state index in [0.29, 0.717) is 10.4 Å². The first-order chi connectivity index (χ1) is 8.15. The zero-order chi connectivity index (χ0) is 12.0. The molecule has 5 heteroatoms. The van der Waals surface area contributed by atoms with Gasteiger partial charge in [-0.25, -0.2) is 4.98 Å². The molecule has 3 atom stereocenters. The minimum atomic E-state index is -0.0622. The lowest BCUT2D eigenvalue weighted by molar-refractivity contribution is 0.291. The molecule has 0 aliphatic heterocycles. The molecule has 0 saturated heterocycles. The van der Waals surface area contributed by atoms with Crippen molar-refractivity contribution in [2.75, 3.05) is 0 Å². The van der Waals surface area contributed by atoms with Crippen LogP contribution in [-0.4, -0.2) is 9.55 Å². The van der Waals surface area contributed by atoms with Crippen molar-refractivity contribution >= 4 is 27.5 Å². The smallest absolute Gasteiger partial charge is 0.269 e. The predicted molar refractivity (Wildman–Crippen MR) is 70.1 cm³/mol. The second kappa shape index (κ2) is 4.39. The van der Waals surface area contributed by atoms with E-state index in [2.05, 4.69) is 20.9 Å². The third kappa shape index (κ3) is 2.06. The maximum Gasteiger partial charge on any atom is 0.269 e. The van der Waals surface area contributed by atoms with Gasteiger partial charge in [0.25, 0.3) is 5.56 Å². The molecule has 92 valence electrons. The second-order valence-corrected chi connectivity index (χ2v) is 6.39. The zero-order valence-corrected chi connectivity index (χ0v) is 11.7. The molecule has 0 amide bonds. The third-order valence-electron chi connectivity index (χ3n) is 4.26. The summed E-state index contributed by atoms with van der Waals surface area (Å²) < 4.78 is 2.08. The van der Waals surface area contributed by atoms with Crippen LogP contribution in [0.2, 0.25) is 5.15 Å². The normalized spacial score (nSPS) is 31.1. The van der Waals surface area contributed by atoms with Gasteiger partial charge in [0.15, 0.2) is 5.15 Å². The van der Waals surface area contributed by atoms with Gasteiger partial charge in [0.05, 0.1) is 6.33 Å². The van der Waals surface area contributed by atoms with Crippen molar-refractivity contribution in [3.05, 3.63) is 26.3 Å². The minimum absolute atomic E-state index is 0.0622. The van der Waals surface area contributed by atoms with E-state index in [1.807, 2.05) is 0 Å². The molecule has 3 nitrogen and oxygen atoms in total. The molecule has 2 fully saturated rings. The number of aromatic nitrogens is 2. The van der Waals surface area contributed by atoms with Crippen molar-refractivity contribution < 1.29 is 0 Å². The van der Waals surface area contributed by atoms with E-state index in [0.717, 1.165) is 18.4 Å². The van der Waals surface area contributed by atoms with Gasteiger partial charge in [-0.15, -0.1) is 0 Å². The highest BCUT2D eigenvalue weighted by Gasteiger charge is 2.39. The van der Waals surface area contributed by atoms with Crippen LogP contribution in [0.3, 0.4) is 0 Å². The SMILES string of the molecule is O=c1c(Br)c(Cl)ncn1CC1CC2CCC1C2. The lowest BCUT2D eigenvalue weighted by Crippen LogP contribution is -2.27. The molecule has 1 heterocycles. The van der Waals surface area contributed by atoms with Gasteiger partial charge in [-0.2, -0.15) is 0 Å². The number of hydrogen-bond donors (Lipinski definition) is 0. The van der Waals surface area contributed by atoms with Gasteiger partial charge in [-0.1, -0.05) is 18.0 Å². The molecule has 3 unspecified atom stereocenters. The molecule has 3 rings (SSSR count). The van der Waals surface area contributed by atoms with E-state index >= 15 is 0 Å². The highest BCUT2D eigenvalue weighted by molar-refractivity contribution is 9.10. The molecule has 0 aromatic carbocycles. The van der Waals surface area contributed by atoms with Crippen LogP contribution >= 0.6 is 27.5 Å². The van der Waals surface area contributed by atoms with Crippen molar-refractivity contribution in [3.63, 3.8) is 0 Å².